The van der Waals surface area contributed by atoms with E-state index < -0.39 is 30.3 Å². The van der Waals surface area contributed by atoms with E-state index in [0.29, 0.717) is 15.2 Å². The zero-order chi connectivity index (χ0) is 35.6. The average molecular weight is 719 g/mol. The lowest BCUT2D eigenvalue weighted by molar-refractivity contribution is -0.742. The number of nitro groups is 3. The lowest BCUT2D eigenvalue weighted by Gasteiger charge is -1.95. The largest absolute Gasteiger partial charge is 0.394 e. The van der Waals surface area contributed by atoms with Crippen molar-refractivity contribution >= 4 is 70.6 Å². The van der Waals surface area contributed by atoms with Gasteiger partial charge < -0.3 is 5.21 Å². The van der Waals surface area contributed by atoms with Crippen molar-refractivity contribution in [2.45, 2.75) is 0 Å². The van der Waals surface area contributed by atoms with E-state index in [1.165, 1.54) is 47.7 Å². The Morgan fingerprint density at radius 3 is 1.31 bits per heavy atom. The summed E-state index contributed by atoms with van der Waals surface area (Å²) >= 11 is 2.89. The molecule has 0 fully saturated rings. The fraction of sp³-hybridized carbons (Fsp3) is 0. The normalized spacial score (nSPS) is 10.4. The van der Waals surface area contributed by atoms with Crippen LogP contribution in [0.4, 0.5) is 17.1 Å². The first-order chi connectivity index (χ1) is 22.5. The van der Waals surface area contributed by atoms with Gasteiger partial charge in [-0.05, 0) is 42.5 Å². The van der Waals surface area contributed by atoms with Crippen LogP contribution >= 0.6 is 22.7 Å². The Kier molecular flexibility index (Phi) is 12.1. The smallest absolute Gasteiger partial charge is 0.328 e. The third-order valence-corrected chi connectivity index (χ3v) is 7.68. The summed E-state index contributed by atoms with van der Waals surface area (Å²) in [6.45, 7) is 0. The van der Waals surface area contributed by atoms with Gasteiger partial charge in [-0.25, -0.2) is 9.97 Å². The standard InChI is InChI=1S/C13H7N3O4S.C13H8N2O2S.HNO3.H2O4S/c17-15(18)9-3-1-8(2-4-9)13-14-11-6-5-10(16(19)20)7-12(11)21-13;16-15(17)10-7-5-9(6-8-10)13-14-11-3-1-2-4-12(11)18-13;2-1(3)4;1-5(2,3)4/h1-7H;1-8H;(H,2,3,4);(H2,1,2,3,4). The Bertz CT molecular complexity index is 2160. The Labute approximate surface area is 275 Å². The van der Waals surface area contributed by atoms with E-state index in [-0.39, 0.29) is 17.1 Å². The highest BCUT2D eigenvalue weighted by molar-refractivity contribution is 7.79. The number of non-ortho nitro benzene ring substituents is 3. The molecule has 4 aromatic carbocycles. The molecule has 48 heavy (non-hydrogen) atoms. The zero-order valence-electron chi connectivity index (χ0n) is 23.5. The van der Waals surface area contributed by atoms with Gasteiger partial charge in [0, 0.05) is 47.5 Å². The lowest BCUT2D eigenvalue weighted by Crippen LogP contribution is -1.89. The number of thiazole rings is 2. The summed E-state index contributed by atoms with van der Waals surface area (Å²) < 4.78 is 33.4. The van der Waals surface area contributed by atoms with Crippen LogP contribution in [0.5, 0.6) is 0 Å². The van der Waals surface area contributed by atoms with Crippen LogP contribution in [-0.2, 0) is 10.4 Å². The predicted molar refractivity (Wildman–Crippen MR) is 173 cm³/mol. The topological polar surface area (TPSA) is 293 Å². The van der Waals surface area contributed by atoms with Crippen LogP contribution in [0.25, 0.3) is 41.6 Å². The summed E-state index contributed by atoms with van der Waals surface area (Å²) in [4.78, 5) is 47.9. The van der Waals surface area contributed by atoms with Crippen molar-refractivity contribution in [1.82, 2.24) is 9.97 Å². The number of aromatic nitrogens is 2. The van der Waals surface area contributed by atoms with Gasteiger partial charge >= 0.3 is 10.4 Å². The fourth-order valence-electron chi connectivity index (χ4n) is 3.60. The van der Waals surface area contributed by atoms with Crippen LogP contribution < -0.4 is 0 Å². The average Bonchev–Trinajstić information content (AvgIpc) is 3.65. The van der Waals surface area contributed by atoms with Crippen LogP contribution in [-0.4, -0.2) is 52.6 Å². The van der Waals surface area contributed by atoms with Crippen molar-refractivity contribution in [2.75, 3.05) is 0 Å². The van der Waals surface area contributed by atoms with Gasteiger partial charge in [0.15, 0.2) is 0 Å². The molecule has 6 aromatic rings. The summed E-state index contributed by atoms with van der Waals surface area (Å²) in [5, 5.41) is 47.1. The van der Waals surface area contributed by atoms with E-state index in [0.717, 1.165) is 26.4 Å². The van der Waals surface area contributed by atoms with E-state index in [1.807, 2.05) is 24.3 Å². The van der Waals surface area contributed by atoms with E-state index in [4.69, 9.17) is 32.8 Å². The summed E-state index contributed by atoms with van der Waals surface area (Å²) in [5.74, 6) is 0. The number of nitrogens with zero attached hydrogens (tertiary/aromatic N) is 6. The molecular formula is C26H18N6O13S3. The van der Waals surface area contributed by atoms with Crippen LogP contribution in [0.2, 0.25) is 0 Å². The number of para-hydroxylation sites is 1. The molecule has 2 aromatic heterocycles. The molecule has 22 heteroatoms. The molecule has 0 unspecified atom stereocenters. The molecule has 0 atom stereocenters. The second kappa shape index (κ2) is 16.0. The van der Waals surface area contributed by atoms with Gasteiger partial charge in [0.05, 0.1) is 35.2 Å². The number of benzene rings is 4. The molecule has 0 saturated carbocycles. The molecule has 0 bridgehead atoms. The van der Waals surface area contributed by atoms with Crippen LogP contribution in [0.15, 0.2) is 91.0 Å². The highest BCUT2D eigenvalue weighted by Gasteiger charge is 2.13. The quantitative estimate of drug-likeness (QED) is 0.0954. The molecule has 19 nitrogen and oxygen atoms in total. The van der Waals surface area contributed by atoms with E-state index in [9.17, 15) is 30.3 Å². The van der Waals surface area contributed by atoms with Crippen molar-refractivity contribution in [3.63, 3.8) is 0 Å². The first kappa shape index (κ1) is 36.4. The molecule has 0 amide bonds. The van der Waals surface area contributed by atoms with Gasteiger partial charge in [0.2, 0.25) is 0 Å². The van der Waals surface area contributed by atoms with Gasteiger partial charge in [-0.2, -0.15) is 8.42 Å². The first-order valence-corrected chi connectivity index (χ1v) is 15.5. The first-order valence-electron chi connectivity index (χ1n) is 12.4. The Morgan fingerprint density at radius 2 is 0.917 bits per heavy atom. The molecule has 6 rings (SSSR count). The predicted octanol–water partition coefficient (Wildman–Crippen LogP) is 6.65. The monoisotopic (exact) mass is 718 g/mol. The molecule has 2 heterocycles. The molecule has 0 saturated heterocycles. The molecular weight excluding hydrogens is 701 g/mol. The maximum atomic E-state index is 10.7. The van der Waals surface area contributed by atoms with Crippen LogP contribution in [0, 0.1) is 40.5 Å². The molecule has 0 aliphatic rings. The Morgan fingerprint density at radius 1 is 0.562 bits per heavy atom. The molecule has 0 radical (unpaired) electrons. The number of fused-ring (bicyclic) bond motifs is 2. The SMILES string of the molecule is O=S(=O)(O)O.O=[N+]([O-])O.O=[N+]([O-])c1ccc(-c2nc3ccc([N+](=O)[O-])cc3s2)cc1.O=[N+]([O-])c1ccc(-c2nc3ccccc3s2)cc1. The maximum absolute atomic E-state index is 10.7. The van der Waals surface area contributed by atoms with Crippen LogP contribution in [0.1, 0.15) is 0 Å². The van der Waals surface area contributed by atoms with E-state index in [1.54, 1.807) is 41.7 Å². The number of hydrogen-bond acceptors (Lipinski definition) is 14. The minimum absolute atomic E-state index is 0.00972. The van der Waals surface area contributed by atoms with Gasteiger partial charge in [-0.3, -0.25) is 39.4 Å². The van der Waals surface area contributed by atoms with Gasteiger partial charge in [-0.15, -0.1) is 32.8 Å². The minimum Gasteiger partial charge on any atom is -0.328 e. The van der Waals surface area contributed by atoms with Gasteiger partial charge in [-0.1, -0.05) is 12.1 Å². The van der Waals surface area contributed by atoms with Crippen LogP contribution in [0.3, 0.4) is 0 Å². The second-order valence-corrected chi connectivity index (χ2v) is 11.7. The van der Waals surface area contributed by atoms with Crippen molar-refractivity contribution < 1.29 is 42.6 Å². The number of nitro benzene ring substituents is 3. The van der Waals surface area contributed by atoms with Crippen molar-refractivity contribution in [1.29, 1.82) is 0 Å². The Hall–Kier alpha value is -6.07. The molecule has 0 aliphatic carbocycles. The number of rotatable bonds is 5. The van der Waals surface area contributed by atoms with Crippen molar-refractivity contribution in [3.05, 3.63) is 131 Å². The lowest BCUT2D eigenvalue weighted by atomic mass is 10.2. The molecule has 0 spiro atoms. The Balaban J connectivity index is 0.000000210. The van der Waals surface area contributed by atoms with Crippen molar-refractivity contribution in [2.24, 2.45) is 0 Å². The molecule has 3 N–H and O–H groups in total. The van der Waals surface area contributed by atoms with Gasteiger partial charge in [0.1, 0.15) is 10.0 Å². The number of hydrogen-bond donors (Lipinski definition) is 3. The summed E-state index contributed by atoms with van der Waals surface area (Å²) in [5.41, 5.74) is 3.39. The highest BCUT2D eigenvalue weighted by atomic mass is 32.3. The maximum Gasteiger partial charge on any atom is 0.394 e. The second-order valence-electron chi connectivity index (χ2n) is 8.71. The summed E-state index contributed by atoms with van der Waals surface area (Å²) in [7, 11) is -4.67. The summed E-state index contributed by atoms with van der Waals surface area (Å²) in [6.07, 6.45) is 0. The van der Waals surface area contributed by atoms with E-state index >= 15 is 0 Å². The minimum atomic E-state index is -4.67. The highest BCUT2D eigenvalue weighted by Crippen LogP contribution is 2.33. The molecule has 0 aliphatic heterocycles. The van der Waals surface area contributed by atoms with E-state index in [2.05, 4.69) is 9.97 Å². The zero-order valence-corrected chi connectivity index (χ0v) is 25.9. The van der Waals surface area contributed by atoms with Crippen molar-refractivity contribution in [3.8, 4) is 21.1 Å². The fourth-order valence-corrected chi connectivity index (χ4v) is 5.57. The third kappa shape index (κ3) is 11.1. The molecule has 248 valence electrons. The third-order valence-electron chi connectivity index (χ3n) is 5.53. The summed E-state index contributed by atoms with van der Waals surface area (Å²) in [6, 6.07) is 24.9. The van der Waals surface area contributed by atoms with Gasteiger partial charge in [0.25, 0.3) is 22.1 Å².